The Kier molecular flexibility index (Phi) is 30.3. The third-order valence-electron chi connectivity index (χ3n) is 6.87. The molecule has 2 atom stereocenters. The second-order valence-electron chi connectivity index (χ2n) is 11.0. The zero-order chi connectivity index (χ0) is 37.2. The molecule has 1 aliphatic heterocycles. The molecule has 1 rings (SSSR count). The van der Waals surface area contributed by atoms with E-state index in [-0.39, 0.29) is 62.1 Å². The van der Waals surface area contributed by atoms with Crippen molar-refractivity contribution < 1.29 is 66.7 Å². The highest BCUT2D eigenvalue weighted by Gasteiger charge is 2.39. The van der Waals surface area contributed by atoms with Crippen LogP contribution in [0.3, 0.4) is 0 Å². The number of thioether (sulfide) groups is 1. The van der Waals surface area contributed by atoms with Crippen molar-refractivity contribution in [3.8, 4) is 0 Å². The van der Waals surface area contributed by atoms with Gasteiger partial charge in [-0.05, 0) is 0 Å². The minimum atomic E-state index is -0.582. The molecule has 1 heterocycles. The Morgan fingerprint density at radius 1 is 0.686 bits per heavy atom. The van der Waals surface area contributed by atoms with E-state index in [4.69, 9.17) is 37.9 Å². The third-order valence-corrected chi connectivity index (χ3v) is 8.33. The van der Waals surface area contributed by atoms with Gasteiger partial charge >= 0.3 is 0 Å². The van der Waals surface area contributed by atoms with Crippen molar-refractivity contribution in [3.63, 3.8) is 0 Å². The molecule has 18 heteroatoms. The van der Waals surface area contributed by atoms with E-state index in [1.807, 2.05) is 0 Å². The van der Waals surface area contributed by atoms with Crippen LogP contribution < -0.4 is 10.6 Å². The van der Waals surface area contributed by atoms with Crippen molar-refractivity contribution >= 4 is 48.0 Å². The van der Waals surface area contributed by atoms with Crippen LogP contribution in [0.5, 0.6) is 0 Å². The van der Waals surface area contributed by atoms with Crippen molar-refractivity contribution in [2.75, 3.05) is 131 Å². The summed E-state index contributed by atoms with van der Waals surface area (Å²) in [6.45, 7) is 8.66. The topological polar surface area (TPSA) is 204 Å². The largest absolute Gasteiger partial charge is 0.379 e. The van der Waals surface area contributed by atoms with E-state index in [1.54, 1.807) is 6.92 Å². The lowest BCUT2D eigenvalue weighted by molar-refractivity contribution is -0.138. The molecule has 2 N–H and O–H groups in total. The molecule has 0 bridgehead atoms. The van der Waals surface area contributed by atoms with Crippen LogP contribution in [0.2, 0.25) is 0 Å². The fourth-order valence-electron chi connectivity index (χ4n) is 4.13. The van der Waals surface area contributed by atoms with Gasteiger partial charge in [-0.15, -0.1) is 11.8 Å². The molecule has 4 amide bonds. The number of ether oxygens (including phenoxy) is 8. The SMILES string of the molecule is C[C@@H](CSC1CC(=O)N(CCC(=O)NCCOCCOCCOCCOCCC=O)C1=O)C(=O)NCCOCCOCCOCCOCCC=O. The predicted octanol–water partition coefficient (Wildman–Crippen LogP) is -0.583. The summed E-state index contributed by atoms with van der Waals surface area (Å²) < 4.78 is 42.7. The number of carbonyl (C=O) groups is 6. The number of hydrogen-bond donors (Lipinski definition) is 2. The van der Waals surface area contributed by atoms with Crippen LogP contribution in [-0.2, 0) is 66.7 Å². The predicted molar refractivity (Wildman–Crippen MR) is 185 cm³/mol. The number of amides is 4. The van der Waals surface area contributed by atoms with Crippen molar-refractivity contribution in [1.82, 2.24) is 15.5 Å². The number of hydrogen-bond acceptors (Lipinski definition) is 15. The molecule has 0 aliphatic carbocycles. The Morgan fingerprint density at radius 2 is 1.10 bits per heavy atom. The first kappa shape index (κ1) is 46.5. The lowest BCUT2D eigenvalue weighted by Crippen LogP contribution is -2.36. The standard InChI is InChI=1S/C33H57N3O14S/c1-28(32(41)35-6-13-46-17-21-50-25-23-48-19-15-44-11-3-9-38)27-51-29-26-31(40)36(33(29)42)7-4-30(39)34-5-12-45-16-20-49-24-22-47-18-14-43-10-2-8-37/h8-9,28-29H,2-7,10-27H2,1H3,(H,34,39)(H,35,41)/t28-,29?/m0/s1. The van der Waals surface area contributed by atoms with E-state index in [1.165, 1.54) is 11.8 Å². The Bertz CT molecular complexity index is 964. The first-order chi connectivity index (χ1) is 24.9. The number of rotatable bonds is 37. The maximum Gasteiger partial charge on any atom is 0.242 e. The summed E-state index contributed by atoms with van der Waals surface area (Å²) in [5.41, 5.74) is 0. The Labute approximate surface area is 304 Å². The van der Waals surface area contributed by atoms with Crippen LogP contribution in [0.15, 0.2) is 0 Å². The highest BCUT2D eigenvalue weighted by atomic mass is 32.2. The molecule has 1 unspecified atom stereocenters. The third kappa shape index (κ3) is 26.0. The quantitative estimate of drug-likeness (QED) is 0.0463. The number of aldehydes is 2. The fraction of sp³-hybridized carbons (Fsp3) is 0.818. The molecular formula is C33H57N3O14S. The summed E-state index contributed by atoms with van der Waals surface area (Å²) in [5, 5.41) is 4.93. The van der Waals surface area contributed by atoms with Gasteiger partial charge in [-0.1, -0.05) is 6.92 Å². The van der Waals surface area contributed by atoms with Crippen LogP contribution in [0.1, 0.15) is 32.6 Å². The van der Waals surface area contributed by atoms with E-state index in [0.29, 0.717) is 124 Å². The second kappa shape index (κ2) is 33.3. The molecule has 0 aromatic carbocycles. The molecule has 1 saturated heterocycles. The van der Waals surface area contributed by atoms with Gasteiger partial charge in [0.15, 0.2) is 0 Å². The summed E-state index contributed by atoms with van der Waals surface area (Å²) in [4.78, 5) is 71.4. The lowest BCUT2D eigenvalue weighted by Gasteiger charge is -2.16. The molecule has 294 valence electrons. The summed E-state index contributed by atoms with van der Waals surface area (Å²) in [6.07, 6.45) is 2.39. The summed E-state index contributed by atoms with van der Waals surface area (Å²) in [5.74, 6) is -1.15. The molecule has 0 aromatic rings. The van der Waals surface area contributed by atoms with Gasteiger partial charge in [-0.25, -0.2) is 0 Å². The van der Waals surface area contributed by atoms with Gasteiger partial charge < -0.3 is 58.1 Å². The summed E-state index contributed by atoms with van der Waals surface area (Å²) in [7, 11) is 0. The van der Waals surface area contributed by atoms with Crippen LogP contribution in [0.25, 0.3) is 0 Å². The maximum atomic E-state index is 12.8. The number of nitrogens with one attached hydrogen (secondary N) is 2. The van der Waals surface area contributed by atoms with Gasteiger partial charge in [0.25, 0.3) is 0 Å². The molecular weight excluding hydrogens is 694 g/mol. The zero-order valence-corrected chi connectivity index (χ0v) is 30.7. The average molecular weight is 752 g/mol. The van der Waals surface area contributed by atoms with Gasteiger partial charge in [-0.2, -0.15) is 0 Å². The van der Waals surface area contributed by atoms with E-state index in [2.05, 4.69) is 10.6 Å². The molecule has 0 aromatic heterocycles. The number of carbonyl (C=O) groups excluding carboxylic acids is 6. The molecule has 0 saturated carbocycles. The van der Waals surface area contributed by atoms with Gasteiger partial charge in [0.1, 0.15) is 12.6 Å². The summed E-state index contributed by atoms with van der Waals surface area (Å²) >= 11 is 1.27. The van der Waals surface area contributed by atoms with Gasteiger partial charge in [0.05, 0.1) is 111 Å². The van der Waals surface area contributed by atoms with Crippen molar-refractivity contribution in [2.45, 2.75) is 37.9 Å². The highest BCUT2D eigenvalue weighted by molar-refractivity contribution is 8.00. The first-order valence-corrected chi connectivity index (χ1v) is 18.4. The van der Waals surface area contributed by atoms with E-state index >= 15 is 0 Å². The van der Waals surface area contributed by atoms with Gasteiger partial charge in [-0.3, -0.25) is 24.1 Å². The average Bonchev–Trinajstić information content (AvgIpc) is 3.40. The van der Waals surface area contributed by atoms with Crippen LogP contribution in [0.4, 0.5) is 0 Å². The Morgan fingerprint density at radius 3 is 1.55 bits per heavy atom. The lowest BCUT2D eigenvalue weighted by atomic mass is 10.2. The smallest absolute Gasteiger partial charge is 0.242 e. The van der Waals surface area contributed by atoms with Crippen molar-refractivity contribution in [3.05, 3.63) is 0 Å². The monoisotopic (exact) mass is 751 g/mol. The van der Waals surface area contributed by atoms with Crippen LogP contribution in [0, 0.1) is 5.92 Å². The van der Waals surface area contributed by atoms with E-state index in [0.717, 1.165) is 17.5 Å². The molecule has 1 fully saturated rings. The van der Waals surface area contributed by atoms with Crippen molar-refractivity contribution in [1.29, 1.82) is 0 Å². The minimum Gasteiger partial charge on any atom is -0.379 e. The number of nitrogens with zero attached hydrogens (tertiary/aromatic N) is 1. The number of imide groups is 1. The van der Waals surface area contributed by atoms with Gasteiger partial charge in [0, 0.05) is 57.0 Å². The molecule has 1 aliphatic rings. The van der Waals surface area contributed by atoms with Crippen molar-refractivity contribution in [2.24, 2.45) is 5.92 Å². The first-order valence-electron chi connectivity index (χ1n) is 17.4. The molecule has 0 radical (unpaired) electrons. The molecule has 0 spiro atoms. The highest BCUT2D eigenvalue weighted by Crippen LogP contribution is 2.27. The van der Waals surface area contributed by atoms with Crippen LogP contribution >= 0.6 is 11.8 Å². The van der Waals surface area contributed by atoms with E-state index < -0.39 is 5.25 Å². The molecule has 51 heavy (non-hydrogen) atoms. The fourth-order valence-corrected chi connectivity index (χ4v) is 5.33. The van der Waals surface area contributed by atoms with E-state index in [9.17, 15) is 28.8 Å². The van der Waals surface area contributed by atoms with Gasteiger partial charge in [0.2, 0.25) is 23.6 Å². The Hall–Kier alpha value is -2.55. The summed E-state index contributed by atoms with van der Waals surface area (Å²) in [6, 6.07) is 0. The normalized spacial score (nSPS) is 14.9. The van der Waals surface area contributed by atoms with Crippen LogP contribution in [-0.4, -0.2) is 177 Å². The number of likely N-dealkylation sites (tertiary alicyclic amines) is 1. The second-order valence-corrected chi connectivity index (χ2v) is 12.2. The Balaban J connectivity index is 2.00. The zero-order valence-electron chi connectivity index (χ0n) is 29.9. The maximum absolute atomic E-state index is 12.8. The molecule has 17 nitrogen and oxygen atoms in total. The minimum absolute atomic E-state index is 0.00324.